The van der Waals surface area contributed by atoms with Crippen molar-refractivity contribution in [2.75, 3.05) is 19.6 Å². The topological polar surface area (TPSA) is 67.2 Å². The van der Waals surface area contributed by atoms with Crippen LogP contribution in [0.3, 0.4) is 0 Å². The zero-order valence-electron chi connectivity index (χ0n) is 12.8. The third kappa shape index (κ3) is 3.54. The molecule has 1 aliphatic heterocycles. The SMILES string of the molecule is Cc1ccc(-c2cc(C(=O)NCC3CCCNC3)on2)cc1. The first kappa shape index (κ1) is 14.8. The second-order valence-electron chi connectivity index (χ2n) is 5.86. The van der Waals surface area contributed by atoms with Crippen molar-refractivity contribution in [2.24, 2.45) is 5.92 Å². The van der Waals surface area contributed by atoms with E-state index in [9.17, 15) is 4.79 Å². The molecule has 22 heavy (non-hydrogen) atoms. The molecule has 1 aromatic carbocycles. The smallest absolute Gasteiger partial charge is 0.289 e. The lowest BCUT2D eigenvalue weighted by molar-refractivity contribution is 0.0908. The van der Waals surface area contributed by atoms with Gasteiger partial charge in [-0.1, -0.05) is 35.0 Å². The maximum absolute atomic E-state index is 12.1. The van der Waals surface area contributed by atoms with E-state index in [0.29, 0.717) is 18.2 Å². The molecule has 5 nitrogen and oxygen atoms in total. The summed E-state index contributed by atoms with van der Waals surface area (Å²) in [4.78, 5) is 12.1. The first-order chi connectivity index (χ1) is 10.7. The summed E-state index contributed by atoms with van der Waals surface area (Å²) in [5.74, 6) is 0.563. The fourth-order valence-electron chi connectivity index (χ4n) is 2.66. The van der Waals surface area contributed by atoms with Crippen LogP contribution in [0, 0.1) is 12.8 Å². The first-order valence-electron chi connectivity index (χ1n) is 7.75. The van der Waals surface area contributed by atoms with Crippen LogP contribution >= 0.6 is 0 Å². The zero-order valence-corrected chi connectivity index (χ0v) is 12.8. The van der Waals surface area contributed by atoms with Crippen LogP contribution in [0.4, 0.5) is 0 Å². The Morgan fingerprint density at radius 3 is 2.95 bits per heavy atom. The summed E-state index contributed by atoms with van der Waals surface area (Å²) < 4.78 is 5.17. The summed E-state index contributed by atoms with van der Waals surface area (Å²) in [6, 6.07) is 9.67. The van der Waals surface area contributed by atoms with Gasteiger partial charge in [0.15, 0.2) is 0 Å². The Bertz CT molecular complexity index is 628. The van der Waals surface area contributed by atoms with E-state index in [1.165, 1.54) is 12.0 Å². The minimum atomic E-state index is -0.198. The van der Waals surface area contributed by atoms with E-state index in [1.54, 1.807) is 6.07 Å². The summed E-state index contributed by atoms with van der Waals surface area (Å²) in [6.07, 6.45) is 2.32. The van der Waals surface area contributed by atoms with Crippen LogP contribution < -0.4 is 10.6 Å². The van der Waals surface area contributed by atoms with Crippen LogP contribution in [0.15, 0.2) is 34.9 Å². The molecule has 0 spiro atoms. The summed E-state index contributed by atoms with van der Waals surface area (Å²) >= 11 is 0. The van der Waals surface area contributed by atoms with Crippen LogP contribution in [0.1, 0.15) is 29.0 Å². The van der Waals surface area contributed by atoms with Gasteiger partial charge >= 0.3 is 0 Å². The van der Waals surface area contributed by atoms with Crippen LogP contribution in [0.5, 0.6) is 0 Å². The Morgan fingerprint density at radius 2 is 2.23 bits per heavy atom. The quantitative estimate of drug-likeness (QED) is 0.909. The predicted molar refractivity (Wildman–Crippen MR) is 84.6 cm³/mol. The molecule has 0 saturated carbocycles. The highest BCUT2D eigenvalue weighted by molar-refractivity contribution is 5.92. The molecule has 1 aliphatic rings. The largest absolute Gasteiger partial charge is 0.350 e. The highest BCUT2D eigenvalue weighted by atomic mass is 16.5. The van der Waals surface area contributed by atoms with Crippen molar-refractivity contribution in [2.45, 2.75) is 19.8 Å². The number of amides is 1. The van der Waals surface area contributed by atoms with Crippen LogP contribution in [-0.2, 0) is 0 Å². The van der Waals surface area contributed by atoms with Crippen molar-refractivity contribution in [3.8, 4) is 11.3 Å². The number of benzene rings is 1. The molecule has 0 radical (unpaired) electrons. The molecule has 1 atom stereocenters. The Labute approximate surface area is 130 Å². The minimum absolute atomic E-state index is 0.198. The van der Waals surface area contributed by atoms with Crippen molar-refractivity contribution in [3.63, 3.8) is 0 Å². The third-order valence-electron chi connectivity index (χ3n) is 4.03. The van der Waals surface area contributed by atoms with Crippen molar-refractivity contribution >= 4 is 5.91 Å². The molecule has 2 heterocycles. The fraction of sp³-hybridized carbons (Fsp3) is 0.412. The number of hydrogen-bond acceptors (Lipinski definition) is 4. The minimum Gasteiger partial charge on any atom is -0.350 e. The van der Waals surface area contributed by atoms with Crippen molar-refractivity contribution in [1.82, 2.24) is 15.8 Å². The molecule has 1 fully saturated rings. The van der Waals surface area contributed by atoms with E-state index in [2.05, 4.69) is 15.8 Å². The molecule has 1 saturated heterocycles. The maximum atomic E-state index is 12.1. The lowest BCUT2D eigenvalue weighted by atomic mass is 10.00. The number of nitrogens with zero attached hydrogens (tertiary/aromatic N) is 1. The molecule has 2 N–H and O–H groups in total. The molecule has 5 heteroatoms. The number of piperidine rings is 1. The van der Waals surface area contributed by atoms with Crippen LogP contribution in [-0.4, -0.2) is 30.7 Å². The second kappa shape index (κ2) is 6.75. The van der Waals surface area contributed by atoms with Gasteiger partial charge in [0, 0.05) is 18.2 Å². The first-order valence-corrected chi connectivity index (χ1v) is 7.75. The zero-order chi connectivity index (χ0) is 15.4. The van der Waals surface area contributed by atoms with Crippen molar-refractivity contribution in [3.05, 3.63) is 41.7 Å². The Hall–Kier alpha value is -2.14. The number of aromatic nitrogens is 1. The number of carbonyl (C=O) groups is 1. The molecule has 2 aromatic rings. The summed E-state index contributed by atoms with van der Waals surface area (Å²) in [5.41, 5.74) is 2.82. The molecule has 0 aliphatic carbocycles. The molecular weight excluding hydrogens is 278 g/mol. The third-order valence-corrected chi connectivity index (χ3v) is 4.03. The van der Waals surface area contributed by atoms with E-state index < -0.39 is 0 Å². The van der Waals surface area contributed by atoms with E-state index in [1.807, 2.05) is 31.2 Å². The van der Waals surface area contributed by atoms with Gasteiger partial charge in [-0.2, -0.15) is 0 Å². The predicted octanol–water partition coefficient (Wildman–Crippen LogP) is 2.38. The molecule has 116 valence electrons. The Kier molecular flexibility index (Phi) is 4.53. The fourth-order valence-corrected chi connectivity index (χ4v) is 2.66. The monoisotopic (exact) mass is 299 g/mol. The van der Waals surface area contributed by atoms with Gasteiger partial charge in [-0.25, -0.2) is 0 Å². The number of nitrogens with one attached hydrogen (secondary N) is 2. The van der Waals surface area contributed by atoms with Gasteiger partial charge in [0.2, 0.25) is 5.76 Å². The average Bonchev–Trinajstić information content (AvgIpc) is 3.04. The maximum Gasteiger partial charge on any atom is 0.289 e. The second-order valence-corrected chi connectivity index (χ2v) is 5.86. The van der Waals surface area contributed by atoms with E-state index >= 15 is 0 Å². The molecular formula is C17H21N3O2. The van der Waals surface area contributed by atoms with Gasteiger partial charge in [0.1, 0.15) is 5.69 Å². The van der Waals surface area contributed by atoms with Crippen molar-refractivity contribution in [1.29, 1.82) is 0 Å². The highest BCUT2D eigenvalue weighted by Crippen LogP contribution is 2.19. The average molecular weight is 299 g/mol. The van der Waals surface area contributed by atoms with E-state index in [4.69, 9.17) is 4.52 Å². The molecule has 3 rings (SSSR count). The lowest BCUT2D eigenvalue weighted by Gasteiger charge is -2.22. The summed E-state index contributed by atoms with van der Waals surface area (Å²) in [6.45, 7) is 4.75. The van der Waals surface area contributed by atoms with E-state index in [0.717, 1.165) is 25.1 Å². The number of hydrogen-bond donors (Lipinski definition) is 2. The summed E-state index contributed by atoms with van der Waals surface area (Å²) in [7, 11) is 0. The molecule has 1 unspecified atom stereocenters. The van der Waals surface area contributed by atoms with Gasteiger partial charge in [-0.05, 0) is 38.8 Å². The van der Waals surface area contributed by atoms with Crippen LogP contribution in [0.2, 0.25) is 0 Å². The van der Waals surface area contributed by atoms with Gasteiger partial charge < -0.3 is 15.2 Å². The van der Waals surface area contributed by atoms with Gasteiger partial charge in [0.25, 0.3) is 5.91 Å². The Balaban J connectivity index is 1.60. The standard InChI is InChI=1S/C17H21N3O2/c1-12-4-6-14(7-5-12)15-9-16(22-20-15)17(21)19-11-13-3-2-8-18-10-13/h4-7,9,13,18H,2-3,8,10-11H2,1H3,(H,19,21). The number of aryl methyl sites for hydroxylation is 1. The number of carbonyl (C=O) groups excluding carboxylic acids is 1. The van der Waals surface area contributed by atoms with Crippen LogP contribution in [0.25, 0.3) is 11.3 Å². The van der Waals surface area contributed by atoms with Crippen molar-refractivity contribution < 1.29 is 9.32 Å². The number of rotatable bonds is 4. The van der Waals surface area contributed by atoms with Gasteiger partial charge in [0.05, 0.1) is 0 Å². The molecule has 0 bridgehead atoms. The lowest BCUT2D eigenvalue weighted by Crippen LogP contribution is -2.38. The van der Waals surface area contributed by atoms with Gasteiger partial charge in [-0.15, -0.1) is 0 Å². The molecule has 1 aromatic heterocycles. The normalized spacial score (nSPS) is 18.1. The highest BCUT2D eigenvalue weighted by Gasteiger charge is 2.17. The van der Waals surface area contributed by atoms with E-state index in [-0.39, 0.29) is 11.7 Å². The summed E-state index contributed by atoms with van der Waals surface area (Å²) in [5, 5.41) is 10.3. The van der Waals surface area contributed by atoms with Gasteiger partial charge in [-0.3, -0.25) is 4.79 Å². The Morgan fingerprint density at radius 1 is 1.41 bits per heavy atom. The molecule has 1 amide bonds.